The number of imidazole rings is 2. The Morgan fingerprint density at radius 3 is 2.00 bits per heavy atom. The van der Waals surface area contributed by atoms with E-state index < -0.39 is 59.6 Å². The lowest BCUT2D eigenvalue weighted by Gasteiger charge is -2.25. The van der Waals surface area contributed by atoms with Gasteiger partial charge >= 0.3 is 16.1 Å². The molecule has 0 radical (unpaired) electrons. The average Bonchev–Trinajstić information content (AvgIpc) is 3.71. The number of anilines is 2. The van der Waals surface area contributed by atoms with E-state index >= 15 is 0 Å². The molecule has 0 aliphatic carbocycles. The topological polar surface area (TPSA) is 249 Å². The molecule has 4 aromatic rings. The Balaban J connectivity index is 1.10. The standard InChI is InChI=1S/C20H24N10O9P2/c21-17-15-19(25-5-23-17)29(7-27-15)13-1-9-12(37-13)4-35-41(32,33)39-10-2-14(36-11(10)3-34-40(31)38-9)30-8-28-16-18(22)24-6-26-20(16)30/h5-14,40H,1-4H2,(H,32,33)(H2,21,23,25)(H2,22,24,26)/t9-,10-,11+,12+,13+,14+/m0/s1. The van der Waals surface area contributed by atoms with E-state index in [-0.39, 0.29) is 31.1 Å². The fraction of sp³-hybridized carbons (Fsp3) is 0.500. The molecule has 5 N–H and O–H groups in total. The highest BCUT2D eigenvalue weighted by atomic mass is 31.2. The number of aromatic nitrogens is 8. The molecule has 3 fully saturated rings. The van der Waals surface area contributed by atoms with Crippen molar-refractivity contribution in [3.05, 3.63) is 25.3 Å². The largest absolute Gasteiger partial charge is 0.472 e. The highest BCUT2D eigenvalue weighted by molar-refractivity contribution is 7.47. The smallest absolute Gasteiger partial charge is 0.382 e. The van der Waals surface area contributed by atoms with Gasteiger partial charge in [-0.05, 0) is 0 Å². The summed E-state index contributed by atoms with van der Waals surface area (Å²) in [4.78, 5) is 35.3. The van der Waals surface area contributed by atoms with E-state index in [1.54, 1.807) is 9.13 Å². The van der Waals surface area contributed by atoms with Crippen LogP contribution >= 0.6 is 16.1 Å². The molecular weight excluding hydrogens is 586 g/mol. The van der Waals surface area contributed by atoms with E-state index in [4.69, 9.17) is 39.0 Å². The summed E-state index contributed by atoms with van der Waals surface area (Å²) in [5, 5.41) is 0. The molecule has 19 nitrogen and oxygen atoms in total. The van der Waals surface area contributed by atoms with Crippen molar-refractivity contribution in [2.75, 3.05) is 24.7 Å². The summed E-state index contributed by atoms with van der Waals surface area (Å²) in [6, 6.07) is 0. The van der Waals surface area contributed by atoms with Crippen LogP contribution in [0.4, 0.5) is 11.6 Å². The van der Waals surface area contributed by atoms with Gasteiger partial charge in [-0.25, -0.2) is 34.5 Å². The summed E-state index contributed by atoms with van der Waals surface area (Å²) in [5.74, 6) is 0.388. The van der Waals surface area contributed by atoms with Gasteiger partial charge in [0, 0.05) is 12.8 Å². The Hall–Kier alpha value is -3.12. The molecular formula is C20H24N10O9P2. The van der Waals surface area contributed by atoms with Gasteiger partial charge in [-0.1, -0.05) is 0 Å². The molecule has 3 saturated heterocycles. The number of rotatable bonds is 2. The third-order valence-electron chi connectivity index (χ3n) is 7.04. The van der Waals surface area contributed by atoms with E-state index in [2.05, 4.69) is 29.9 Å². The molecule has 0 bridgehead atoms. The van der Waals surface area contributed by atoms with Crippen LogP contribution in [0.25, 0.3) is 22.3 Å². The van der Waals surface area contributed by atoms with Crippen molar-refractivity contribution in [3.63, 3.8) is 0 Å². The first-order valence-corrected chi connectivity index (χ1v) is 15.1. The van der Waals surface area contributed by atoms with Crippen molar-refractivity contribution in [1.29, 1.82) is 0 Å². The van der Waals surface area contributed by atoms with Crippen molar-refractivity contribution < 1.29 is 41.6 Å². The normalized spacial score (nSPS) is 34.7. The molecule has 0 amide bonds. The van der Waals surface area contributed by atoms with Crippen molar-refractivity contribution in [1.82, 2.24) is 39.0 Å². The minimum atomic E-state index is -4.63. The summed E-state index contributed by atoms with van der Waals surface area (Å²) in [7, 11) is -7.69. The minimum Gasteiger partial charge on any atom is -0.382 e. The van der Waals surface area contributed by atoms with Crippen LogP contribution in [0.2, 0.25) is 0 Å². The monoisotopic (exact) mass is 610 g/mol. The fourth-order valence-corrected chi connectivity index (χ4v) is 6.94. The second kappa shape index (κ2) is 10.3. The minimum absolute atomic E-state index is 0.0996. The van der Waals surface area contributed by atoms with Gasteiger partial charge in [-0.2, -0.15) is 0 Å². The predicted octanol–water partition coefficient (Wildman–Crippen LogP) is 0.713. The average molecular weight is 610 g/mol. The van der Waals surface area contributed by atoms with E-state index in [9.17, 15) is 14.0 Å². The van der Waals surface area contributed by atoms with Crippen LogP contribution in [0.5, 0.6) is 0 Å². The second-order valence-electron chi connectivity index (χ2n) is 9.52. The number of hydrogen-bond donors (Lipinski definition) is 3. The van der Waals surface area contributed by atoms with Gasteiger partial charge in [-0.3, -0.25) is 22.7 Å². The third-order valence-corrected chi connectivity index (χ3v) is 8.95. The van der Waals surface area contributed by atoms with E-state index in [1.165, 1.54) is 25.3 Å². The maximum atomic E-state index is 13.0. The maximum Gasteiger partial charge on any atom is 0.472 e. The van der Waals surface area contributed by atoms with Crippen LogP contribution in [-0.4, -0.2) is 81.6 Å². The first kappa shape index (κ1) is 26.8. The van der Waals surface area contributed by atoms with E-state index in [0.29, 0.717) is 22.3 Å². The van der Waals surface area contributed by atoms with E-state index in [0.717, 1.165) is 0 Å². The van der Waals surface area contributed by atoms with Gasteiger partial charge in [0.25, 0.3) is 0 Å². The zero-order valence-electron chi connectivity index (χ0n) is 21.0. The Kier molecular flexibility index (Phi) is 6.72. The number of fused-ring (bicyclic) bond motifs is 4. The summed E-state index contributed by atoms with van der Waals surface area (Å²) < 4.78 is 63.2. The van der Waals surface area contributed by atoms with Crippen LogP contribution in [-0.2, 0) is 36.7 Å². The number of hydrogen-bond acceptors (Lipinski definition) is 16. The molecule has 0 spiro atoms. The quantitative estimate of drug-likeness (QED) is 0.264. The summed E-state index contributed by atoms with van der Waals surface area (Å²) in [6.07, 6.45) is 0.819. The molecule has 3 aliphatic heterocycles. The highest BCUT2D eigenvalue weighted by Crippen LogP contribution is 2.50. The molecule has 8 atom stereocenters. The number of nitrogens with two attached hydrogens (primary N) is 2. The number of phosphoric ester groups is 1. The van der Waals surface area contributed by atoms with Crippen LogP contribution in [0.15, 0.2) is 25.3 Å². The summed E-state index contributed by atoms with van der Waals surface area (Å²) in [6.45, 7) is -0.662. The molecule has 0 saturated carbocycles. The van der Waals surface area contributed by atoms with Crippen LogP contribution < -0.4 is 11.5 Å². The molecule has 3 aliphatic rings. The highest BCUT2D eigenvalue weighted by Gasteiger charge is 2.45. The van der Waals surface area contributed by atoms with Crippen LogP contribution in [0.1, 0.15) is 25.3 Å². The van der Waals surface area contributed by atoms with Gasteiger partial charge in [0.1, 0.15) is 54.5 Å². The Labute approximate surface area is 230 Å². The van der Waals surface area contributed by atoms with Crippen molar-refractivity contribution in [3.8, 4) is 0 Å². The molecule has 2 unspecified atom stereocenters. The first-order chi connectivity index (χ1) is 19.8. The Bertz CT molecular complexity index is 1690. The second-order valence-corrected chi connectivity index (χ2v) is 12.0. The Morgan fingerprint density at radius 2 is 1.39 bits per heavy atom. The molecule has 4 aromatic heterocycles. The molecule has 7 heterocycles. The predicted molar refractivity (Wildman–Crippen MR) is 137 cm³/mol. The first-order valence-electron chi connectivity index (χ1n) is 12.4. The fourth-order valence-electron chi connectivity index (χ4n) is 5.12. The van der Waals surface area contributed by atoms with Gasteiger partial charge < -0.3 is 34.9 Å². The number of nitrogens with zero attached hydrogens (tertiary/aromatic N) is 8. The molecule has 7 rings (SSSR count). The lowest BCUT2D eigenvalue weighted by atomic mass is 10.2. The zero-order valence-corrected chi connectivity index (χ0v) is 22.9. The van der Waals surface area contributed by atoms with Gasteiger partial charge in [-0.15, -0.1) is 0 Å². The van der Waals surface area contributed by atoms with Crippen molar-refractivity contribution in [2.24, 2.45) is 0 Å². The van der Waals surface area contributed by atoms with Crippen LogP contribution in [0, 0.1) is 0 Å². The zero-order chi connectivity index (χ0) is 28.3. The molecule has 41 heavy (non-hydrogen) atoms. The lowest BCUT2D eigenvalue weighted by Crippen LogP contribution is -2.31. The number of nitrogen functional groups attached to an aromatic ring is 2. The summed E-state index contributed by atoms with van der Waals surface area (Å²) >= 11 is 0. The van der Waals surface area contributed by atoms with Gasteiger partial charge in [0.05, 0.1) is 32.0 Å². The van der Waals surface area contributed by atoms with Crippen LogP contribution in [0.3, 0.4) is 0 Å². The maximum absolute atomic E-state index is 13.0. The molecule has 0 aromatic carbocycles. The van der Waals surface area contributed by atoms with E-state index in [1.807, 2.05) is 0 Å². The molecule has 218 valence electrons. The lowest BCUT2D eigenvalue weighted by molar-refractivity contribution is -0.0595. The number of ether oxygens (including phenoxy) is 2. The van der Waals surface area contributed by atoms with Gasteiger partial charge in [0.2, 0.25) is 0 Å². The molecule has 21 heteroatoms. The van der Waals surface area contributed by atoms with Crippen molar-refractivity contribution >= 4 is 50.0 Å². The van der Waals surface area contributed by atoms with Gasteiger partial charge in [0.15, 0.2) is 22.9 Å². The SMILES string of the molecule is Nc1ncnc2c1ncn2[C@H]1C[C@@H]2O[PH](=O)OC[C@H]3O[C@@H](n4cnc5c(N)ncnc54)C[C@@H]3OP(=O)(O)OC[C@H]2O1. The Morgan fingerprint density at radius 1 is 0.829 bits per heavy atom. The third kappa shape index (κ3) is 4.98. The summed E-state index contributed by atoms with van der Waals surface area (Å²) in [5.41, 5.74) is 13.3. The number of phosphoric acid groups is 1. The van der Waals surface area contributed by atoms with Crippen molar-refractivity contribution in [2.45, 2.75) is 49.7 Å².